The van der Waals surface area contributed by atoms with Crippen LogP contribution in [0.5, 0.6) is 0 Å². The van der Waals surface area contributed by atoms with Crippen LogP contribution in [0.3, 0.4) is 0 Å². The fraction of sp³-hybridized carbons (Fsp3) is 0.667. The predicted octanol–water partition coefficient (Wildman–Crippen LogP) is 2.93. The van der Waals surface area contributed by atoms with Gasteiger partial charge in [-0.3, -0.25) is 9.59 Å². The van der Waals surface area contributed by atoms with Crippen molar-refractivity contribution in [2.45, 2.75) is 52.2 Å². The molecule has 4 rings (SSSR count). The van der Waals surface area contributed by atoms with Crippen LogP contribution >= 0.6 is 11.6 Å². The average molecular weight is 409 g/mol. The third-order valence-corrected chi connectivity index (χ3v) is 7.76. The molecule has 2 aliphatic carbocycles. The zero-order valence-corrected chi connectivity index (χ0v) is 17.3. The number of allylic oxidation sites excluding steroid dienone is 1. The Hall–Kier alpha value is -1.66. The van der Waals surface area contributed by atoms with Crippen molar-refractivity contribution in [2.24, 2.45) is 22.7 Å². The van der Waals surface area contributed by atoms with Gasteiger partial charge in [0, 0.05) is 29.4 Å². The Morgan fingerprint density at radius 2 is 1.96 bits per heavy atom. The molecule has 7 heteroatoms. The van der Waals surface area contributed by atoms with Crippen LogP contribution in [0.4, 0.5) is 0 Å². The van der Waals surface area contributed by atoms with Crippen molar-refractivity contribution in [3.63, 3.8) is 0 Å². The molecule has 2 aliphatic heterocycles. The number of esters is 2. The van der Waals surface area contributed by atoms with E-state index in [4.69, 9.17) is 25.8 Å². The quantitative estimate of drug-likeness (QED) is 0.653. The van der Waals surface area contributed by atoms with Gasteiger partial charge in [-0.2, -0.15) is 0 Å². The molecule has 28 heavy (non-hydrogen) atoms. The average Bonchev–Trinajstić information content (AvgIpc) is 2.90. The van der Waals surface area contributed by atoms with Crippen molar-refractivity contribution in [2.75, 3.05) is 13.2 Å². The van der Waals surface area contributed by atoms with E-state index in [1.165, 1.54) is 19.9 Å². The van der Waals surface area contributed by atoms with Gasteiger partial charge in [0.05, 0.1) is 18.1 Å². The van der Waals surface area contributed by atoms with E-state index >= 15 is 0 Å². The largest absolute Gasteiger partial charge is 0.461 e. The van der Waals surface area contributed by atoms with Gasteiger partial charge in [0.25, 0.3) is 0 Å². The minimum atomic E-state index is -1.19. The molecule has 1 saturated heterocycles. The first-order chi connectivity index (χ1) is 13.0. The number of fused-ring (bicyclic) bond motifs is 5. The van der Waals surface area contributed by atoms with Crippen LogP contribution in [0.25, 0.3) is 0 Å². The Morgan fingerprint density at radius 3 is 2.61 bits per heavy atom. The van der Waals surface area contributed by atoms with E-state index in [9.17, 15) is 14.4 Å². The summed E-state index contributed by atoms with van der Waals surface area (Å²) in [6.07, 6.45) is 4.36. The summed E-state index contributed by atoms with van der Waals surface area (Å²) in [5.41, 5.74) is -1.65. The van der Waals surface area contributed by atoms with E-state index in [-0.39, 0.29) is 36.9 Å². The number of hydrogen-bond donors (Lipinski definition) is 0. The Morgan fingerprint density at radius 1 is 1.25 bits per heavy atom. The SMILES string of the molecule is CC(=O)O[C@]1(C(C)=O)CC[C@H]2[C@@H]3C=C(Cl)C4=CC(=O)OC[C@]4(C)[C@H]3OC[C@@]21C. The number of ketones is 1. The summed E-state index contributed by atoms with van der Waals surface area (Å²) in [6.45, 7) is 7.28. The van der Waals surface area contributed by atoms with E-state index < -0.39 is 28.4 Å². The van der Waals surface area contributed by atoms with Gasteiger partial charge in [0.2, 0.25) is 0 Å². The predicted molar refractivity (Wildman–Crippen MR) is 100 cm³/mol. The molecular weight excluding hydrogens is 384 g/mol. The van der Waals surface area contributed by atoms with Crippen molar-refractivity contribution in [3.8, 4) is 0 Å². The van der Waals surface area contributed by atoms with Crippen LogP contribution in [-0.2, 0) is 28.6 Å². The molecular formula is C21H25ClO6. The highest BCUT2D eigenvalue weighted by Crippen LogP contribution is 2.63. The molecule has 1 saturated carbocycles. The summed E-state index contributed by atoms with van der Waals surface area (Å²) in [5, 5.41) is 0.529. The third kappa shape index (κ3) is 2.40. The fourth-order valence-electron chi connectivity index (χ4n) is 6.02. The van der Waals surface area contributed by atoms with Gasteiger partial charge in [-0.25, -0.2) is 4.79 Å². The van der Waals surface area contributed by atoms with Crippen molar-refractivity contribution in [3.05, 3.63) is 22.8 Å². The number of carbonyl (C=O) groups is 3. The van der Waals surface area contributed by atoms with Gasteiger partial charge in [-0.1, -0.05) is 24.6 Å². The molecule has 2 fully saturated rings. The number of Topliss-reactive ketones (excluding diaryl/α,β-unsaturated/α-hetero) is 1. The molecule has 0 unspecified atom stereocenters. The highest BCUT2D eigenvalue weighted by atomic mass is 35.5. The lowest BCUT2D eigenvalue weighted by Crippen LogP contribution is -2.63. The molecule has 2 heterocycles. The van der Waals surface area contributed by atoms with Crippen LogP contribution in [-0.4, -0.2) is 42.6 Å². The number of rotatable bonds is 2. The Balaban J connectivity index is 1.79. The fourth-order valence-corrected chi connectivity index (χ4v) is 6.44. The van der Waals surface area contributed by atoms with Crippen molar-refractivity contribution in [1.29, 1.82) is 0 Å². The second-order valence-corrected chi connectivity index (χ2v) is 9.35. The minimum absolute atomic E-state index is 0.0549. The van der Waals surface area contributed by atoms with Gasteiger partial charge in [0.15, 0.2) is 11.4 Å². The summed E-state index contributed by atoms with van der Waals surface area (Å²) < 4.78 is 17.4. The number of hydrogen-bond acceptors (Lipinski definition) is 6. The first-order valence-electron chi connectivity index (χ1n) is 9.64. The molecule has 152 valence electrons. The van der Waals surface area contributed by atoms with Gasteiger partial charge < -0.3 is 14.2 Å². The van der Waals surface area contributed by atoms with Crippen LogP contribution < -0.4 is 0 Å². The number of carbonyl (C=O) groups excluding carboxylic acids is 3. The van der Waals surface area contributed by atoms with E-state index in [1.54, 1.807) is 0 Å². The summed E-state index contributed by atoms with van der Waals surface area (Å²) in [6, 6.07) is 0. The first kappa shape index (κ1) is 19.6. The zero-order valence-electron chi connectivity index (χ0n) is 16.5. The molecule has 0 N–H and O–H groups in total. The molecule has 6 nitrogen and oxygen atoms in total. The lowest BCUT2D eigenvalue weighted by Gasteiger charge is -2.56. The number of cyclic esters (lactones) is 1. The van der Waals surface area contributed by atoms with Gasteiger partial charge in [-0.05, 0) is 38.2 Å². The molecule has 0 amide bonds. The number of ether oxygens (including phenoxy) is 3. The normalized spacial score (nSPS) is 44.3. The maximum atomic E-state index is 12.7. The van der Waals surface area contributed by atoms with Crippen LogP contribution in [0.1, 0.15) is 40.5 Å². The maximum absolute atomic E-state index is 12.7. The molecule has 0 bridgehead atoms. The van der Waals surface area contributed by atoms with E-state index in [0.29, 0.717) is 11.5 Å². The lowest BCUT2D eigenvalue weighted by atomic mass is 9.57. The summed E-state index contributed by atoms with van der Waals surface area (Å²) in [7, 11) is 0. The Labute approximate surface area is 169 Å². The monoisotopic (exact) mass is 408 g/mol. The maximum Gasteiger partial charge on any atom is 0.331 e. The smallest absolute Gasteiger partial charge is 0.331 e. The molecule has 4 aliphatic rings. The topological polar surface area (TPSA) is 78.9 Å². The van der Waals surface area contributed by atoms with E-state index in [2.05, 4.69) is 0 Å². The first-order valence-corrected chi connectivity index (χ1v) is 10.0. The zero-order chi connectivity index (χ0) is 20.5. The highest BCUT2D eigenvalue weighted by Gasteiger charge is 2.68. The second kappa shape index (κ2) is 6.17. The molecule has 6 atom stereocenters. The Bertz CT molecular complexity index is 831. The molecule has 0 spiro atoms. The second-order valence-electron chi connectivity index (χ2n) is 8.95. The van der Waals surface area contributed by atoms with Crippen LogP contribution in [0.2, 0.25) is 0 Å². The molecule has 0 radical (unpaired) electrons. The van der Waals surface area contributed by atoms with Crippen LogP contribution in [0.15, 0.2) is 22.8 Å². The standard InChI is InChI=1S/C21H25ClO6/c1-11(23)21(28-12(2)24)6-5-14-13-7-16(22)15-8-17(25)26-9-19(15,3)18(13)27-10-20(14,21)4/h7-8,13-14,18H,5-6,9-10H2,1-4H3/t13-,14-,18-,19-,20-,21-/m0/s1. The Kier molecular flexibility index (Phi) is 4.33. The van der Waals surface area contributed by atoms with Crippen molar-refractivity contribution in [1.82, 2.24) is 0 Å². The van der Waals surface area contributed by atoms with Crippen molar-refractivity contribution >= 4 is 29.3 Å². The highest BCUT2D eigenvalue weighted by molar-refractivity contribution is 6.32. The van der Waals surface area contributed by atoms with Gasteiger partial charge in [-0.15, -0.1) is 0 Å². The van der Waals surface area contributed by atoms with Crippen LogP contribution in [0, 0.1) is 22.7 Å². The summed E-state index contributed by atoms with van der Waals surface area (Å²) >= 11 is 6.60. The number of halogens is 1. The molecule has 0 aromatic heterocycles. The van der Waals surface area contributed by atoms with E-state index in [1.807, 2.05) is 19.9 Å². The molecule has 0 aromatic carbocycles. The summed E-state index contributed by atoms with van der Waals surface area (Å²) in [5.74, 6) is -1.03. The summed E-state index contributed by atoms with van der Waals surface area (Å²) in [4.78, 5) is 36.3. The van der Waals surface area contributed by atoms with Crippen molar-refractivity contribution < 1.29 is 28.6 Å². The minimum Gasteiger partial charge on any atom is -0.461 e. The van der Waals surface area contributed by atoms with Gasteiger partial charge in [0.1, 0.15) is 6.61 Å². The van der Waals surface area contributed by atoms with Gasteiger partial charge >= 0.3 is 11.9 Å². The lowest BCUT2D eigenvalue weighted by molar-refractivity contribution is -0.216. The molecule has 0 aromatic rings. The third-order valence-electron chi connectivity index (χ3n) is 7.43. The van der Waals surface area contributed by atoms with E-state index in [0.717, 1.165) is 12.0 Å².